The van der Waals surface area contributed by atoms with Crippen LogP contribution in [0.5, 0.6) is 5.75 Å². The molecule has 0 saturated heterocycles. The number of allylic oxidation sites excluding steroid dienone is 1. The van der Waals surface area contributed by atoms with Gasteiger partial charge in [0.25, 0.3) is 0 Å². The van der Waals surface area contributed by atoms with E-state index in [1.807, 2.05) is 24.5 Å². The van der Waals surface area contributed by atoms with Gasteiger partial charge in [-0.2, -0.15) is 0 Å². The molecule has 0 N–H and O–H groups in total. The Morgan fingerprint density at radius 3 is 2.77 bits per heavy atom. The van der Waals surface area contributed by atoms with Gasteiger partial charge in [-0.05, 0) is 32.0 Å². The number of nitrogens with zero attached hydrogens (tertiary/aromatic N) is 1. The fraction of sp³-hybridized carbons (Fsp3) is 0.222. The quantitative estimate of drug-likeness (QED) is 0.447. The minimum atomic E-state index is -0.0834. The summed E-state index contributed by atoms with van der Waals surface area (Å²) >= 11 is 0. The van der Waals surface area contributed by atoms with Crippen molar-refractivity contribution in [3.8, 4) is 5.75 Å². The average molecular weight is 297 g/mol. The molecule has 2 aromatic rings. The molecule has 0 aliphatic heterocycles. The number of hydrogen-bond acceptors (Lipinski definition) is 3. The normalized spacial score (nSPS) is 10.3. The first-order valence-corrected chi connectivity index (χ1v) is 7.05. The van der Waals surface area contributed by atoms with Crippen LogP contribution < -0.4 is 4.74 Å². The van der Waals surface area contributed by atoms with Crippen molar-refractivity contribution in [1.82, 2.24) is 4.57 Å². The zero-order valence-corrected chi connectivity index (χ0v) is 12.8. The Morgan fingerprint density at radius 1 is 1.32 bits per heavy atom. The molecule has 0 fully saturated rings. The number of benzene rings is 1. The van der Waals surface area contributed by atoms with Gasteiger partial charge in [-0.25, -0.2) is 0 Å². The van der Waals surface area contributed by atoms with Crippen LogP contribution >= 0.6 is 0 Å². The lowest BCUT2D eigenvalue weighted by atomic mass is 10.1. The number of Topliss-reactive ketones (excluding diaryl/α,β-unsaturated/α-hetero) is 1. The van der Waals surface area contributed by atoms with Gasteiger partial charge in [0.05, 0.1) is 0 Å². The lowest BCUT2D eigenvalue weighted by Crippen LogP contribution is -2.13. The van der Waals surface area contributed by atoms with Gasteiger partial charge in [0.15, 0.2) is 6.61 Å². The number of carbonyl (C=O) groups is 2. The van der Waals surface area contributed by atoms with Gasteiger partial charge in [-0.3, -0.25) is 9.59 Å². The molecule has 1 aromatic carbocycles. The second kappa shape index (κ2) is 6.89. The van der Waals surface area contributed by atoms with Crippen LogP contribution in [0.2, 0.25) is 0 Å². The van der Waals surface area contributed by atoms with Crippen molar-refractivity contribution in [1.29, 1.82) is 0 Å². The highest BCUT2D eigenvalue weighted by Crippen LogP contribution is 2.17. The lowest BCUT2D eigenvalue weighted by Gasteiger charge is -2.07. The SMILES string of the molecule is C=CCn1c(C)cc(C(=O)COc2cccc(C=O)c2)c1C. The Bertz CT molecular complexity index is 713. The summed E-state index contributed by atoms with van der Waals surface area (Å²) in [5, 5.41) is 0. The van der Waals surface area contributed by atoms with E-state index in [1.165, 1.54) is 0 Å². The Kier molecular flexibility index (Phi) is 4.94. The molecule has 1 aromatic heterocycles. The van der Waals surface area contributed by atoms with Crippen LogP contribution in [0.3, 0.4) is 0 Å². The monoisotopic (exact) mass is 297 g/mol. The second-order valence-corrected chi connectivity index (χ2v) is 5.09. The molecule has 0 unspecified atom stereocenters. The Balaban J connectivity index is 2.10. The molecule has 0 amide bonds. The van der Waals surface area contributed by atoms with E-state index in [1.54, 1.807) is 30.3 Å². The molecule has 0 bridgehead atoms. The van der Waals surface area contributed by atoms with E-state index in [2.05, 4.69) is 6.58 Å². The summed E-state index contributed by atoms with van der Waals surface area (Å²) in [5.74, 6) is 0.428. The molecule has 4 heteroatoms. The van der Waals surface area contributed by atoms with Crippen molar-refractivity contribution >= 4 is 12.1 Å². The van der Waals surface area contributed by atoms with E-state index in [0.29, 0.717) is 23.4 Å². The van der Waals surface area contributed by atoms with E-state index >= 15 is 0 Å². The maximum atomic E-state index is 12.3. The molecule has 0 aliphatic carbocycles. The van der Waals surface area contributed by atoms with E-state index in [9.17, 15) is 9.59 Å². The van der Waals surface area contributed by atoms with E-state index in [-0.39, 0.29) is 12.4 Å². The number of hydrogen-bond donors (Lipinski definition) is 0. The third-order valence-electron chi connectivity index (χ3n) is 3.55. The third kappa shape index (κ3) is 3.34. The average Bonchev–Trinajstić information content (AvgIpc) is 2.81. The first-order valence-electron chi connectivity index (χ1n) is 7.05. The van der Waals surface area contributed by atoms with Crippen molar-refractivity contribution in [3.05, 3.63) is 65.5 Å². The van der Waals surface area contributed by atoms with Gasteiger partial charge < -0.3 is 9.30 Å². The van der Waals surface area contributed by atoms with Crippen molar-refractivity contribution in [2.45, 2.75) is 20.4 Å². The number of rotatable bonds is 7. The summed E-state index contributed by atoms with van der Waals surface area (Å²) in [6.45, 7) is 8.22. The summed E-state index contributed by atoms with van der Waals surface area (Å²) in [5.41, 5.74) is 3.11. The number of ether oxygens (including phenoxy) is 1. The molecule has 0 spiro atoms. The standard InChI is InChI=1S/C18H19NO3/c1-4-8-19-13(2)9-17(14(19)3)18(21)12-22-16-7-5-6-15(10-16)11-20/h4-7,9-11H,1,8,12H2,2-3H3. The van der Waals surface area contributed by atoms with Crippen LogP contribution in [0.4, 0.5) is 0 Å². The molecule has 0 radical (unpaired) electrons. The Morgan fingerprint density at radius 2 is 2.09 bits per heavy atom. The highest BCUT2D eigenvalue weighted by Gasteiger charge is 2.15. The maximum Gasteiger partial charge on any atom is 0.202 e. The fourth-order valence-corrected chi connectivity index (χ4v) is 2.40. The zero-order chi connectivity index (χ0) is 16.1. The number of aromatic nitrogens is 1. The molecule has 22 heavy (non-hydrogen) atoms. The summed E-state index contributed by atoms with van der Waals surface area (Å²) in [7, 11) is 0. The molecule has 4 nitrogen and oxygen atoms in total. The second-order valence-electron chi connectivity index (χ2n) is 5.09. The molecule has 2 rings (SSSR count). The molecule has 0 aliphatic rings. The lowest BCUT2D eigenvalue weighted by molar-refractivity contribution is 0.0921. The van der Waals surface area contributed by atoms with Crippen LogP contribution in [0, 0.1) is 13.8 Å². The molecule has 114 valence electrons. The first kappa shape index (κ1) is 15.8. The molecule has 1 heterocycles. The van der Waals surface area contributed by atoms with Crippen molar-refractivity contribution in [2.75, 3.05) is 6.61 Å². The molecule has 0 saturated carbocycles. The minimum absolute atomic E-state index is 0.0549. The van der Waals surface area contributed by atoms with Crippen LogP contribution in [-0.2, 0) is 6.54 Å². The maximum absolute atomic E-state index is 12.3. The summed E-state index contributed by atoms with van der Waals surface area (Å²) < 4.78 is 7.53. The van der Waals surface area contributed by atoms with Gasteiger partial charge in [-0.1, -0.05) is 18.2 Å². The van der Waals surface area contributed by atoms with Crippen LogP contribution in [0.1, 0.15) is 32.1 Å². The Labute approximate surface area is 130 Å². The van der Waals surface area contributed by atoms with Crippen molar-refractivity contribution in [2.24, 2.45) is 0 Å². The number of carbonyl (C=O) groups excluding carboxylic acids is 2. The van der Waals surface area contributed by atoms with E-state index < -0.39 is 0 Å². The highest BCUT2D eigenvalue weighted by atomic mass is 16.5. The largest absolute Gasteiger partial charge is 0.485 e. The fourth-order valence-electron chi connectivity index (χ4n) is 2.40. The van der Waals surface area contributed by atoms with Crippen LogP contribution in [-0.4, -0.2) is 23.2 Å². The Hall–Kier alpha value is -2.62. The summed E-state index contributed by atoms with van der Waals surface area (Å²) in [6, 6.07) is 8.61. The summed E-state index contributed by atoms with van der Waals surface area (Å²) in [6.07, 6.45) is 2.55. The third-order valence-corrected chi connectivity index (χ3v) is 3.55. The first-order chi connectivity index (χ1) is 10.6. The summed E-state index contributed by atoms with van der Waals surface area (Å²) in [4.78, 5) is 23.1. The topological polar surface area (TPSA) is 48.3 Å². The number of aryl methyl sites for hydroxylation is 1. The van der Waals surface area contributed by atoms with Gasteiger partial charge in [0.1, 0.15) is 12.0 Å². The number of aldehydes is 1. The number of ketones is 1. The molecular formula is C18H19NO3. The molecule has 0 atom stereocenters. The minimum Gasteiger partial charge on any atom is -0.485 e. The molecular weight excluding hydrogens is 278 g/mol. The van der Waals surface area contributed by atoms with Gasteiger partial charge >= 0.3 is 0 Å². The predicted molar refractivity (Wildman–Crippen MR) is 85.8 cm³/mol. The van der Waals surface area contributed by atoms with Crippen LogP contribution in [0.25, 0.3) is 0 Å². The smallest absolute Gasteiger partial charge is 0.202 e. The van der Waals surface area contributed by atoms with E-state index in [0.717, 1.165) is 17.7 Å². The highest BCUT2D eigenvalue weighted by molar-refractivity contribution is 5.98. The van der Waals surface area contributed by atoms with Crippen LogP contribution in [0.15, 0.2) is 43.0 Å². The predicted octanol–water partition coefficient (Wildman–Crippen LogP) is 3.37. The van der Waals surface area contributed by atoms with Gasteiger partial charge in [-0.15, -0.1) is 6.58 Å². The van der Waals surface area contributed by atoms with E-state index in [4.69, 9.17) is 4.74 Å². The van der Waals surface area contributed by atoms with Gasteiger partial charge in [0.2, 0.25) is 5.78 Å². The zero-order valence-electron chi connectivity index (χ0n) is 12.8. The van der Waals surface area contributed by atoms with Crippen molar-refractivity contribution in [3.63, 3.8) is 0 Å². The van der Waals surface area contributed by atoms with Crippen molar-refractivity contribution < 1.29 is 14.3 Å². The van der Waals surface area contributed by atoms with Gasteiger partial charge in [0, 0.05) is 29.1 Å².